The van der Waals surface area contributed by atoms with E-state index in [9.17, 15) is 4.79 Å². The number of nitrogens with one attached hydrogen (secondary N) is 1. The van der Waals surface area contributed by atoms with Gasteiger partial charge >= 0.3 is 0 Å². The van der Waals surface area contributed by atoms with Crippen molar-refractivity contribution in [3.05, 3.63) is 65.2 Å². The summed E-state index contributed by atoms with van der Waals surface area (Å²) in [6.45, 7) is 4.45. The molecule has 2 aromatic rings. The first kappa shape index (κ1) is 17.1. The second kappa shape index (κ2) is 7.89. The molecule has 5 nitrogen and oxygen atoms in total. The topological polar surface area (TPSA) is 50.8 Å². The van der Waals surface area contributed by atoms with Gasteiger partial charge in [0.05, 0.1) is 25.9 Å². The number of hydrogen-bond acceptors (Lipinski definition) is 4. The third-order valence-electron chi connectivity index (χ3n) is 5.04. The fraction of sp³-hybridized carbons (Fsp3) is 0.381. The molecule has 0 aliphatic carbocycles. The number of carbonyl (C=O) groups is 1. The second-order valence-corrected chi connectivity index (χ2v) is 6.76. The molecule has 0 spiro atoms. The number of anilines is 1. The highest BCUT2D eigenvalue weighted by Gasteiger charge is 2.19. The number of carbonyl (C=O) groups excluding carboxylic acids is 1. The van der Waals surface area contributed by atoms with Gasteiger partial charge in [-0.15, -0.1) is 0 Å². The van der Waals surface area contributed by atoms with Crippen molar-refractivity contribution in [1.82, 2.24) is 5.32 Å². The molecule has 1 saturated heterocycles. The number of rotatable bonds is 4. The Bertz CT molecular complexity index is 754. The summed E-state index contributed by atoms with van der Waals surface area (Å²) < 4.78 is 11.2. The van der Waals surface area contributed by atoms with E-state index >= 15 is 0 Å². The standard InChI is InChI=1S/C21H24N2O3/c24-21(16-5-7-19(8-6-16)23-9-11-25-12-10-23)22-14-20-13-17-3-1-2-4-18(17)15-26-20/h1-8,20H,9-15H2,(H,22,24). The molecular weight excluding hydrogens is 328 g/mol. The number of morpholine rings is 1. The van der Waals surface area contributed by atoms with Gasteiger partial charge in [0.25, 0.3) is 5.91 Å². The molecule has 4 rings (SSSR count). The van der Waals surface area contributed by atoms with Crippen LogP contribution in [0.2, 0.25) is 0 Å². The number of amides is 1. The number of benzene rings is 2. The lowest BCUT2D eigenvalue weighted by Crippen LogP contribution is -2.37. The number of fused-ring (bicyclic) bond motifs is 1. The lowest BCUT2D eigenvalue weighted by molar-refractivity contribution is 0.0285. The molecule has 1 fully saturated rings. The van der Waals surface area contributed by atoms with Crippen LogP contribution in [0.25, 0.3) is 0 Å². The van der Waals surface area contributed by atoms with Gasteiger partial charge in [-0.25, -0.2) is 0 Å². The smallest absolute Gasteiger partial charge is 0.251 e. The van der Waals surface area contributed by atoms with Crippen LogP contribution in [0, 0.1) is 0 Å². The Morgan fingerprint density at radius 3 is 2.54 bits per heavy atom. The van der Waals surface area contributed by atoms with E-state index in [1.54, 1.807) is 0 Å². The van der Waals surface area contributed by atoms with Crippen LogP contribution in [0.1, 0.15) is 21.5 Å². The first-order valence-electron chi connectivity index (χ1n) is 9.19. The summed E-state index contributed by atoms with van der Waals surface area (Å²) in [5, 5.41) is 3.00. The van der Waals surface area contributed by atoms with Crippen LogP contribution < -0.4 is 10.2 Å². The lowest BCUT2D eigenvalue weighted by atomic mass is 9.99. The van der Waals surface area contributed by atoms with Gasteiger partial charge in [-0.2, -0.15) is 0 Å². The molecule has 1 unspecified atom stereocenters. The molecule has 0 radical (unpaired) electrons. The highest BCUT2D eigenvalue weighted by Crippen LogP contribution is 2.20. The molecule has 1 atom stereocenters. The van der Waals surface area contributed by atoms with E-state index in [0.717, 1.165) is 38.4 Å². The van der Waals surface area contributed by atoms with E-state index in [4.69, 9.17) is 9.47 Å². The summed E-state index contributed by atoms with van der Waals surface area (Å²) in [6.07, 6.45) is 0.869. The van der Waals surface area contributed by atoms with Crippen molar-refractivity contribution < 1.29 is 14.3 Å². The molecule has 0 saturated carbocycles. The quantitative estimate of drug-likeness (QED) is 0.918. The van der Waals surface area contributed by atoms with Gasteiger partial charge in [0.15, 0.2) is 0 Å². The highest BCUT2D eigenvalue weighted by atomic mass is 16.5. The largest absolute Gasteiger partial charge is 0.378 e. The normalized spacial score (nSPS) is 19.7. The Hall–Kier alpha value is -2.37. The fourth-order valence-corrected chi connectivity index (χ4v) is 3.49. The van der Waals surface area contributed by atoms with Gasteiger partial charge in [0.2, 0.25) is 0 Å². The zero-order valence-corrected chi connectivity index (χ0v) is 14.8. The first-order valence-corrected chi connectivity index (χ1v) is 9.19. The van der Waals surface area contributed by atoms with Crippen molar-refractivity contribution in [3.63, 3.8) is 0 Å². The SMILES string of the molecule is O=C(NCC1Cc2ccccc2CO1)c1ccc(N2CCOCC2)cc1. The maximum Gasteiger partial charge on any atom is 0.251 e. The van der Waals surface area contributed by atoms with Crippen molar-refractivity contribution in [3.8, 4) is 0 Å². The van der Waals surface area contributed by atoms with Gasteiger partial charge in [0.1, 0.15) is 0 Å². The summed E-state index contributed by atoms with van der Waals surface area (Å²) in [6, 6.07) is 16.1. The number of hydrogen-bond donors (Lipinski definition) is 1. The number of ether oxygens (including phenoxy) is 2. The van der Waals surface area contributed by atoms with Crippen LogP contribution in [-0.2, 0) is 22.5 Å². The Labute approximate surface area is 153 Å². The zero-order valence-electron chi connectivity index (χ0n) is 14.8. The average molecular weight is 352 g/mol. The summed E-state index contributed by atoms with van der Waals surface area (Å²) in [4.78, 5) is 14.7. The van der Waals surface area contributed by atoms with Gasteiger partial charge < -0.3 is 19.7 Å². The minimum absolute atomic E-state index is 0.0291. The average Bonchev–Trinajstić information content (AvgIpc) is 2.72. The van der Waals surface area contributed by atoms with Crippen molar-refractivity contribution in [1.29, 1.82) is 0 Å². The molecule has 0 bridgehead atoms. The van der Waals surface area contributed by atoms with Crippen LogP contribution in [-0.4, -0.2) is 44.9 Å². The minimum atomic E-state index is -0.0546. The van der Waals surface area contributed by atoms with Crippen molar-refractivity contribution in [2.24, 2.45) is 0 Å². The second-order valence-electron chi connectivity index (χ2n) is 6.76. The molecule has 0 aromatic heterocycles. The first-order chi connectivity index (χ1) is 12.8. The highest BCUT2D eigenvalue weighted by molar-refractivity contribution is 5.94. The van der Waals surface area contributed by atoms with E-state index in [2.05, 4.69) is 28.4 Å². The molecule has 2 aromatic carbocycles. The zero-order chi connectivity index (χ0) is 17.8. The maximum atomic E-state index is 12.4. The molecule has 136 valence electrons. The Kier molecular flexibility index (Phi) is 5.18. The van der Waals surface area contributed by atoms with E-state index in [-0.39, 0.29) is 12.0 Å². The monoisotopic (exact) mass is 352 g/mol. The maximum absolute atomic E-state index is 12.4. The third-order valence-corrected chi connectivity index (χ3v) is 5.04. The van der Waals surface area contributed by atoms with Gasteiger partial charge in [-0.1, -0.05) is 24.3 Å². The predicted molar refractivity (Wildman–Crippen MR) is 101 cm³/mol. The lowest BCUT2D eigenvalue weighted by Gasteiger charge is -2.29. The molecule has 26 heavy (non-hydrogen) atoms. The molecular formula is C21H24N2O3. The van der Waals surface area contributed by atoms with Gasteiger partial charge in [-0.05, 0) is 35.4 Å². The number of nitrogens with zero attached hydrogens (tertiary/aromatic N) is 1. The Balaban J connectivity index is 1.31. The van der Waals surface area contributed by atoms with Gasteiger partial charge in [-0.3, -0.25) is 4.79 Å². The molecule has 2 heterocycles. The van der Waals surface area contributed by atoms with E-state index < -0.39 is 0 Å². The van der Waals surface area contributed by atoms with E-state index in [1.807, 2.05) is 30.3 Å². The van der Waals surface area contributed by atoms with E-state index in [0.29, 0.717) is 18.7 Å². The van der Waals surface area contributed by atoms with Crippen LogP contribution in [0.4, 0.5) is 5.69 Å². The van der Waals surface area contributed by atoms with E-state index in [1.165, 1.54) is 11.1 Å². The van der Waals surface area contributed by atoms with Crippen molar-refractivity contribution in [2.45, 2.75) is 19.1 Å². The Morgan fingerprint density at radius 2 is 1.77 bits per heavy atom. The van der Waals surface area contributed by atoms with Crippen LogP contribution in [0.15, 0.2) is 48.5 Å². The summed E-state index contributed by atoms with van der Waals surface area (Å²) >= 11 is 0. The third kappa shape index (κ3) is 3.89. The summed E-state index contributed by atoms with van der Waals surface area (Å²) in [7, 11) is 0. The molecule has 2 aliphatic heterocycles. The summed E-state index contributed by atoms with van der Waals surface area (Å²) in [5.41, 5.74) is 4.37. The molecule has 5 heteroatoms. The summed E-state index contributed by atoms with van der Waals surface area (Å²) in [5.74, 6) is -0.0546. The van der Waals surface area contributed by atoms with Crippen molar-refractivity contribution in [2.75, 3.05) is 37.7 Å². The van der Waals surface area contributed by atoms with Crippen LogP contribution in [0.5, 0.6) is 0 Å². The van der Waals surface area contributed by atoms with Crippen LogP contribution >= 0.6 is 0 Å². The van der Waals surface area contributed by atoms with Crippen LogP contribution in [0.3, 0.4) is 0 Å². The molecule has 1 N–H and O–H groups in total. The van der Waals surface area contributed by atoms with Gasteiger partial charge in [0, 0.05) is 37.3 Å². The fourth-order valence-electron chi connectivity index (χ4n) is 3.49. The molecule has 2 aliphatic rings. The minimum Gasteiger partial charge on any atom is -0.378 e. The molecule has 1 amide bonds. The predicted octanol–water partition coefficient (Wildman–Crippen LogP) is 2.39. The Morgan fingerprint density at radius 1 is 1.04 bits per heavy atom. The van der Waals surface area contributed by atoms with Crippen molar-refractivity contribution >= 4 is 11.6 Å².